The van der Waals surface area contributed by atoms with E-state index in [1.807, 2.05) is 13.0 Å². The Kier molecular flexibility index (Phi) is 6.32. The van der Waals surface area contributed by atoms with Crippen LogP contribution in [0.25, 0.3) is 0 Å². The van der Waals surface area contributed by atoms with Crippen molar-refractivity contribution < 1.29 is 0 Å². The van der Waals surface area contributed by atoms with Gasteiger partial charge in [-0.3, -0.25) is 0 Å². The van der Waals surface area contributed by atoms with Gasteiger partial charge in [0.1, 0.15) is 0 Å². The quantitative estimate of drug-likeness (QED) is 0.410. The Labute approximate surface area is 64.6 Å². The van der Waals surface area contributed by atoms with Crippen molar-refractivity contribution in [1.82, 2.24) is 0 Å². The van der Waals surface area contributed by atoms with E-state index < -0.39 is 0 Å². The van der Waals surface area contributed by atoms with E-state index in [9.17, 15) is 0 Å². The number of rotatable bonds is 4. The highest BCUT2D eigenvalue weighted by Gasteiger charge is 1.86. The molecule has 0 rings (SSSR count). The summed E-state index contributed by atoms with van der Waals surface area (Å²) in [5, 5.41) is 0. The molecule has 0 fully saturated rings. The van der Waals surface area contributed by atoms with Crippen LogP contribution < -0.4 is 0 Å². The third-order valence-corrected chi connectivity index (χ3v) is 1.55. The van der Waals surface area contributed by atoms with Gasteiger partial charge in [0.25, 0.3) is 0 Å². The minimum Gasteiger partial charge on any atom is -0.127 e. The monoisotopic (exact) mass is 138 g/mol. The molecule has 0 bridgehead atoms. The number of hydrogen-bond acceptors (Lipinski definition) is 0. The van der Waals surface area contributed by atoms with Crippen LogP contribution in [0.4, 0.5) is 0 Å². The van der Waals surface area contributed by atoms with Gasteiger partial charge < -0.3 is 0 Å². The normalized spacial score (nSPS) is 8.70. The predicted octanol–water partition coefficient (Wildman–Crippen LogP) is 3.69. The van der Waals surface area contributed by atoms with Crippen molar-refractivity contribution in [3.63, 3.8) is 0 Å². The molecule has 0 aliphatic carbocycles. The average molecular weight is 138 g/mol. The number of unbranched alkanes of at least 4 members (excludes halogenated alkanes) is 2. The van der Waals surface area contributed by atoms with Crippen LogP contribution in [0.3, 0.4) is 0 Å². The Balaban J connectivity index is 3.40. The molecule has 0 heteroatoms. The van der Waals surface area contributed by atoms with Crippen molar-refractivity contribution in [2.24, 2.45) is 0 Å². The molecule has 0 aliphatic heterocycles. The number of allylic oxidation sites excluding steroid dienone is 1. The highest BCUT2D eigenvalue weighted by Crippen LogP contribution is 2.05. The maximum absolute atomic E-state index is 3.20. The van der Waals surface area contributed by atoms with Gasteiger partial charge in [-0.1, -0.05) is 19.8 Å². The van der Waals surface area contributed by atoms with E-state index in [0.29, 0.717) is 0 Å². The van der Waals surface area contributed by atoms with E-state index >= 15 is 0 Å². The maximum atomic E-state index is 3.20. The molecule has 0 nitrogen and oxygen atoms in total. The smallest absolute Gasteiger partial charge is 0.0247 e. The third-order valence-electron chi connectivity index (χ3n) is 1.55. The maximum Gasteiger partial charge on any atom is -0.0247 e. The first-order valence-corrected chi connectivity index (χ1v) is 4.18. The minimum absolute atomic E-state index is 1.22. The van der Waals surface area contributed by atoms with E-state index in [2.05, 4.69) is 19.6 Å². The highest BCUT2D eigenvalue weighted by molar-refractivity contribution is 4.96. The van der Waals surface area contributed by atoms with E-state index in [0.717, 1.165) is 0 Å². The summed E-state index contributed by atoms with van der Waals surface area (Å²) in [6.45, 7) is 6.40. The molecule has 0 aromatic carbocycles. The Morgan fingerprint density at radius 1 is 1.40 bits per heavy atom. The lowest BCUT2D eigenvalue weighted by Crippen LogP contribution is -1.75. The molecule has 0 saturated carbocycles. The first kappa shape index (κ1) is 9.52. The van der Waals surface area contributed by atoms with Gasteiger partial charge in [0.15, 0.2) is 0 Å². The van der Waals surface area contributed by atoms with E-state index in [-0.39, 0.29) is 0 Å². The van der Waals surface area contributed by atoms with E-state index in [4.69, 9.17) is 0 Å². The fraction of sp³-hybridized carbons (Fsp3) is 0.700. The summed E-state index contributed by atoms with van der Waals surface area (Å²) < 4.78 is 0. The van der Waals surface area contributed by atoms with Crippen molar-refractivity contribution in [3.05, 3.63) is 17.4 Å². The van der Waals surface area contributed by atoms with Gasteiger partial charge in [0.2, 0.25) is 0 Å². The SMILES string of the molecule is CC=C=C(C)CCCCC. The first-order chi connectivity index (χ1) is 4.81. The van der Waals surface area contributed by atoms with Crippen molar-refractivity contribution in [3.8, 4) is 0 Å². The molecule has 58 valence electrons. The lowest BCUT2D eigenvalue weighted by Gasteiger charge is -1.95. The zero-order chi connectivity index (χ0) is 7.82. The first-order valence-electron chi connectivity index (χ1n) is 4.18. The van der Waals surface area contributed by atoms with Gasteiger partial charge in [-0.2, -0.15) is 0 Å². The largest absolute Gasteiger partial charge is 0.127 e. The molecule has 0 amide bonds. The van der Waals surface area contributed by atoms with Crippen LogP contribution in [-0.2, 0) is 0 Å². The average Bonchev–Trinajstić information content (AvgIpc) is 1.89. The molecule has 0 aliphatic rings. The third kappa shape index (κ3) is 5.65. The van der Waals surface area contributed by atoms with Gasteiger partial charge in [-0.15, -0.1) is 5.73 Å². The van der Waals surface area contributed by atoms with E-state index in [1.165, 1.54) is 31.3 Å². The fourth-order valence-electron chi connectivity index (χ4n) is 0.959. The molecule has 0 unspecified atom stereocenters. The van der Waals surface area contributed by atoms with Gasteiger partial charge in [-0.25, -0.2) is 0 Å². The molecular formula is C10H18. The highest BCUT2D eigenvalue weighted by atomic mass is 13.9. The Bertz CT molecular complexity index is 125. The second-order valence-electron chi connectivity index (χ2n) is 2.67. The molecule has 0 saturated heterocycles. The second-order valence-corrected chi connectivity index (χ2v) is 2.67. The van der Waals surface area contributed by atoms with Crippen LogP contribution in [0.15, 0.2) is 17.4 Å². The van der Waals surface area contributed by atoms with Gasteiger partial charge in [0, 0.05) is 0 Å². The van der Waals surface area contributed by atoms with Crippen molar-refractivity contribution in [2.75, 3.05) is 0 Å². The van der Waals surface area contributed by atoms with Gasteiger partial charge in [0.05, 0.1) is 0 Å². The summed E-state index contributed by atoms with van der Waals surface area (Å²) in [6, 6.07) is 0. The lowest BCUT2D eigenvalue weighted by atomic mass is 10.1. The second kappa shape index (κ2) is 6.64. The van der Waals surface area contributed by atoms with Crippen LogP contribution in [-0.4, -0.2) is 0 Å². The molecule has 0 radical (unpaired) electrons. The van der Waals surface area contributed by atoms with Crippen molar-refractivity contribution >= 4 is 0 Å². The van der Waals surface area contributed by atoms with E-state index in [1.54, 1.807) is 0 Å². The summed E-state index contributed by atoms with van der Waals surface area (Å²) in [7, 11) is 0. The van der Waals surface area contributed by atoms with Crippen LogP contribution >= 0.6 is 0 Å². The van der Waals surface area contributed by atoms with Crippen molar-refractivity contribution in [1.29, 1.82) is 0 Å². The topological polar surface area (TPSA) is 0 Å². The molecule has 0 aromatic rings. The molecule has 0 heterocycles. The van der Waals surface area contributed by atoms with Crippen molar-refractivity contribution in [2.45, 2.75) is 46.5 Å². The van der Waals surface area contributed by atoms with Crippen LogP contribution in [0.5, 0.6) is 0 Å². The van der Waals surface area contributed by atoms with Gasteiger partial charge in [-0.05, 0) is 38.3 Å². The Morgan fingerprint density at radius 2 is 2.10 bits per heavy atom. The minimum atomic E-state index is 1.22. The Hall–Kier alpha value is -0.480. The molecule has 0 N–H and O–H groups in total. The molecule has 0 atom stereocenters. The Morgan fingerprint density at radius 3 is 2.60 bits per heavy atom. The molecule has 10 heavy (non-hydrogen) atoms. The van der Waals surface area contributed by atoms with Crippen LogP contribution in [0.1, 0.15) is 46.5 Å². The van der Waals surface area contributed by atoms with Gasteiger partial charge >= 0.3 is 0 Å². The summed E-state index contributed by atoms with van der Waals surface area (Å²) in [5.41, 5.74) is 4.58. The zero-order valence-electron chi connectivity index (χ0n) is 7.41. The summed E-state index contributed by atoms with van der Waals surface area (Å²) >= 11 is 0. The molecule has 0 spiro atoms. The van der Waals surface area contributed by atoms with Crippen LogP contribution in [0.2, 0.25) is 0 Å². The summed E-state index contributed by atoms with van der Waals surface area (Å²) in [5.74, 6) is 0. The molecule has 0 aromatic heterocycles. The lowest BCUT2D eigenvalue weighted by molar-refractivity contribution is 0.714. The summed E-state index contributed by atoms with van der Waals surface area (Å²) in [4.78, 5) is 0. The number of hydrogen-bond donors (Lipinski definition) is 0. The molecular weight excluding hydrogens is 120 g/mol. The van der Waals surface area contributed by atoms with Crippen LogP contribution in [0, 0.1) is 0 Å². The predicted molar refractivity (Wildman–Crippen MR) is 47.1 cm³/mol. The zero-order valence-corrected chi connectivity index (χ0v) is 7.41. The summed E-state index contributed by atoms with van der Waals surface area (Å²) in [6.07, 6.45) is 7.19. The fourth-order valence-corrected chi connectivity index (χ4v) is 0.959. The standard InChI is InChI=1S/C10H18/c1-4-6-7-9-10(3)8-5-2/h5H,4,6-7,9H2,1-3H3.